The molecule has 0 aliphatic heterocycles. The maximum absolute atomic E-state index is 11.6. The van der Waals surface area contributed by atoms with E-state index in [2.05, 4.69) is 19.2 Å². The molecule has 0 heterocycles. The van der Waals surface area contributed by atoms with Crippen LogP contribution in [0.1, 0.15) is 65.2 Å². The summed E-state index contributed by atoms with van der Waals surface area (Å²) < 4.78 is 0. The lowest BCUT2D eigenvalue weighted by molar-refractivity contribution is -0.137. The molecule has 0 radical (unpaired) electrons. The van der Waals surface area contributed by atoms with Crippen LogP contribution in [0.4, 0.5) is 0 Å². The highest BCUT2D eigenvalue weighted by molar-refractivity contribution is 5.75. The first kappa shape index (κ1) is 16.0. The van der Waals surface area contributed by atoms with Crippen LogP contribution in [0.5, 0.6) is 0 Å². The van der Waals surface area contributed by atoms with Crippen molar-refractivity contribution in [2.75, 3.05) is 6.54 Å². The van der Waals surface area contributed by atoms with Gasteiger partial charge in [-0.3, -0.25) is 9.59 Å². The smallest absolute Gasteiger partial charge is 0.303 e. The minimum atomic E-state index is -0.787. The maximum atomic E-state index is 11.6. The van der Waals surface area contributed by atoms with Crippen molar-refractivity contribution in [3.63, 3.8) is 0 Å². The van der Waals surface area contributed by atoms with E-state index in [0.717, 1.165) is 6.54 Å². The second-order valence-electron chi connectivity index (χ2n) is 6.51. The second-order valence-corrected chi connectivity index (χ2v) is 6.51. The zero-order valence-electron chi connectivity index (χ0n) is 12.2. The summed E-state index contributed by atoms with van der Waals surface area (Å²) >= 11 is 0. The lowest BCUT2D eigenvalue weighted by Crippen LogP contribution is -2.32. The number of amides is 1. The molecule has 4 heteroatoms. The number of rotatable bonds is 7. The van der Waals surface area contributed by atoms with E-state index in [1.807, 2.05) is 0 Å². The first-order chi connectivity index (χ1) is 8.89. The predicted molar refractivity (Wildman–Crippen MR) is 74.9 cm³/mol. The highest BCUT2D eigenvalue weighted by Gasteiger charge is 2.26. The monoisotopic (exact) mass is 269 g/mol. The Balaban J connectivity index is 2.06. The molecule has 0 bridgehead atoms. The summed E-state index contributed by atoms with van der Waals surface area (Å²) in [5.41, 5.74) is 0.470. The summed E-state index contributed by atoms with van der Waals surface area (Å²) in [5.74, 6) is -0.101. The Morgan fingerprint density at radius 1 is 1.16 bits per heavy atom. The molecule has 1 saturated carbocycles. The number of carbonyl (C=O) groups excluding carboxylic acids is 1. The van der Waals surface area contributed by atoms with E-state index < -0.39 is 5.97 Å². The number of hydrogen-bond acceptors (Lipinski definition) is 2. The third-order valence-corrected chi connectivity index (χ3v) is 4.09. The molecule has 1 amide bonds. The average Bonchev–Trinajstić information content (AvgIpc) is 2.33. The first-order valence-electron chi connectivity index (χ1n) is 7.37. The number of carbonyl (C=O) groups is 2. The van der Waals surface area contributed by atoms with Gasteiger partial charge in [0.2, 0.25) is 5.91 Å². The molecule has 0 aromatic rings. The highest BCUT2D eigenvalue weighted by Crippen LogP contribution is 2.37. The van der Waals surface area contributed by atoms with Crippen molar-refractivity contribution in [2.24, 2.45) is 11.3 Å². The van der Waals surface area contributed by atoms with Gasteiger partial charge in [-0.2, -0.15) is 0 Å². The molecule has 0 aromatic carbocycles. The van der Waals surface area contributed by atoms with Crippen molar-refractivity contribution >= 4 is 11.9 Å². The summed E-state index contributed by atoms with van der Waals surface area (Å²) in [7, 11) is 0. The van der Waals surface area contributed by atoms with Gasteiger partial charge in [0.05, 0.1) is 0 Å². The number of carboxylic acids is 1. The van der Waals surface area contributed by atoms with E-state index in [1.165, 1.54) is 25.7 Å². The van der Waals surface area contributed by atoms with E-state index in [9.17, 15) is 9.59 Å². The Bertz CT molecular complexity index is 303. The van der Waals surface area contributed by atoms with Gasteiger partial charge < -0.3 is 10.4 Å². The van der Waals surface area contributed by atoms with Gasteiger partial charge in [0.25, 0.3) is 0 Å². The van der Waals surface area contributed by atoms with Gasteiger partial charge >= 0.3 is 5.97 Å². The lowest BCUT2D eigenvalue weighted by Gasteiger charge is -2.34. The van der Waals surface area contributed by atoms with Crippen LogP contribution in [0.25, 0.3) is 0 Å². The normalized spacial score (nSPS) is 19.1. The fourth-order valence-corrected chi connectivity index (χ4v) is 2.57. The van der Waals surface area contributed by atoms with Gasteiger partial charge in [-0.1, -0.05) is 13.8 Å². The fourth-order valence-electron chi connectivity index (χ4n) is 2.57. The van der Waals surface area contributed by atoms with E-state index in [-0.39, 0.29) is 12.3 Å². The van der Waals surface area contributed by atoms with Crippen molar-refractivity contribution in [1.82, 2.24) is 5.32 Å². The first-order valence-corrected chi connectivity index (χ1v) is 7.37. The second kappa shape index (κ2) is 7.51. The Morgan fingerprint density at radius 2 is 1.74 bits per heavy atom. The van der Waals surface area contributed by atoms with Crippen molar-refractivity contribution in [3.8, 4) is 0 Å². The van der Waals surface area contributed by atoms with Gasteiger partial charge in [-0.05, 0) is 49.9 Å². The minimum Gasteiger partial charge on any atom is -0.481 e. The van der Waals surface area contributed by atoms with Crippen LogP contribution in [-0.4, -0.2) is 23.5 Å². The number of nitrogens with one attached hydrogen (secondary N) is 1. The van der Waals surface area contributed by atoms with Crippen LogP contribution in [0.3, 0.4) is 0 Å². The predicted octanol–water partition coefficient (Wildman–Crippen LogP) is 2.96. The van der Waals surface area contributed by atoms with Crippen LogP contribution in [-0.2, 0) is 9.59 Å². The molecule has 0 saturated heterocycles. The summed E-state index contributed by atoms with van der Waals surface area (Å²) in [4.78, 5) is 21.9. The molecule has 4 nitrogen and oxygen atoms in total. The summed E-state index contributed by atoms with van der Waals surface area (Å²) in [6.07, 6.45) is 6.74. The zero-order chi connectivity index (χ0) is 14.3. The van der Waals surface area contributed by atoms with Crippen LogP contribution in [0.2, 0.25) is 0 Å². The summed E-state index contributed by atoms with van der Waals surface area (Å²) in [6.45, 7) is 5.41. The molecule has 19 heavy (non-hydrogen) atoms. The third-order valence-electron chi connectivity index (χ3n) is 4.09. The van der Waals surface area contributed by atoms with E-state index in [4.69, 9.17) is 5.11 Å². The molecule has 1 fully saturated rings. The summed E-state index contributed by atoms with van der Waals surface area (Å²) in [5, 5.41) is 11.5. The molecule has 0 spiro atoms. The molecule has 1 aliphatic rings. The van der Waals surface area contributed by atoms with Crippen LogP contribution < -0.4 is 5.32 Å². The van der Waals surface area contributed by atoms with Gasteiger partial charge in [-0.25, -0.2) is 0 Å². The fraction of sp³-hybridized carbons (Fsp3) is 0.867. The molecule has 0 unspecified atom stereocenters. The molecule has 0 atom stereocenters. The highest BCUT2D eigenvalue weighted by atomic mass is 16.4. The SMILES string of the molecule is CC1(C)CCC(CNC(=O)CCCCC(=O)O)CC1. The Hall–Kier alpha value is -1.06. The zero-order valence-corrected chi connectivity index (χ0v) is 12.2. The standard InChI is InChI=1S/C15H27NO3/c1-15(2)9-7-12(8-10-15)11-16-13(17)5-3-4-6-14(18)19/h12H,3-11H2,1-2H3,(H,16,17)(H,18,19). The van der Waals surface area contributed by atoms with E-state index in [1.54, 1.807) is 0 Å². The maximum Gasteiger partial charge on any atom is 0.303 e. The van der Waals surface area contributed by atoms with Crippen molar-refractivity contribution in [2.45, 2.75) is 65.2 Å². The average molecular weight is 269 g/mol. The molecule has 1 rings (SSSR count). The largest absolute Gasteiger partial charge is 0.481 e. The van der Waals surface area contributed by atoms with Gasteiger partial charge in [-0.15, -0.1) is 0 Å². The lowest BCUT2D eigenvalue weighted by atomic mass is 9.73. The molecule has 2 N–H and O–H groups in total. The Kier molecular flexibility index (Phi) is 6.32. The van der Waals surface area contributed by atoms with Gasteiger partial charge in [0, 0.05) is 19.4 Å². The number of carboxylic acid groups (broad SMARTS) is 1. The third kappa shape index (κ3) is 7.19. The van der Waals surface area contributed by atoms with Crippen molar-refractivity contribution < 1.29 is 14.7 Å². The van der Waals surface area contributed by atoms with E-state index in [0.29, 0.717) is 30.6 Å². The Morgan fingerprint density at radius 3 is 2.32 bits per heavy atom. The topological polar surface area (TPSA) is 66.4 Å². The van der Waals surface area contributed by atoms with Crippen LogP contribution >= 0.6 is 0 Å². The number of aliphatic carboxylic acids is 1. The minimum absolute atomic E-state index is 0.0650. The number of hydrogen-bond donors (Lipinski definition) is 2. The molecular weight excluding hydrogens is 242 g/mol. The van der Waals surface area contributed by atoms with Crippen molar-refractivity contribution in [3.05, 3.63) is 0 Å². The number of unbranched alkanes of at least 4 members (excludes halogenated alkanes) is 1. The molecule has 1 aliphatic carbocycles. The van der Waals surface area contributed by atoms with E-state index >= 15 is 0 Å². The molecule has 110 valence electrons. The summed E-state index contributed by atoms with van der Waals surface area (Å²) in [6, 6.07) is 0. The molecule has 0 aromatic heterocycles. The Labute approximate surface area is 116 Å². The van der Waals surface area contributed by atoms with Gasteiger partial charge in [0.15, 0.2) is 0 Å². The van der Waals surface area contributed by atoms with Crippen LogP contribution in [0, 0.1) is 11.3 Å². The van der Waals surface area contributed by atoms with Crippen LogP contribution in [0.15, 0.2) is 0 Å². The van der Waals surface area contributed by atoms with Gasteiger partial charge in [0.1, 0.15) is 0 Å². The van der Waals surface area contributed by atoms with Crippen molar-refractivity contribution in [1.29, 1.82) is 0 Å². The quantitative estimate of drug-likeness (QED) is 0.698. The molecular formula is C15H27NO3.